The van der Waals surface area contributed by atoms with Crippen LogP contribution in [0.15, 0.2) is 23.1 Å². The zero-order chi connectivity index (χ0) is 10.7. The van der Waals surface area contributed by atoms with E-state index >= 15 is 0 Å². The monoisotopic (exact) mass is 227 g/mol. The Kier molecular flexibility index (Phi) is 3.49. The third-order valence-corrected chi connectivity index (χ3v) is 3.85. The second-order valence-electron chi connectivity index (χ2n) is 3.61. The molecule has 82 valence electrons. The van der Waals surface area contributed by atoms with Gasteiger partial charge in [-0.1, -0.05) is 0 Å². The number of nitrogens with two attached hydrogens (primary N) is 1. The number of thioether (sulfide) groups is 1. The van der Waals surface area contributed by atoms with Gasteiger partial charge in [0.1, 0.15) is 5.82 Å². The SMILES string of the molecule is Nc1ccc(F)cc1SC1CCOCC1. The molecule has 0 spiro atoms. The Morgan fingerprint density at radius 2 is 2.07 bits per heavy atom. The molecule has 2 nitrogen and oxygen atoms in total. The normalized spacial score (nSPS) is 17.9. The van der Waals surface area contributed by atoms with E-state index in [2.05, 4.69) is 0 Å². The first kappa shape index (κ1) is 10.8. The summed E-state index contributed by atoms with van der Waals surface area (Å²) in [6.45, 7) is 1.60. The summed E-state index contributed by atoms with van der Waals surface area (Å²) >= 11 is 1.66. The molecule has 1 aromatic carbocycles. The molecule has 4 heteroatoms. The summed E-state index contributed by atoms with van der Waals surface area (Å²) in [5.41, 5.74) is 6.45. The molecule has 15 heavy (non-hydrogen) atoms. The number of hydrogen-bond acceptors (Lipinski definition) is 3. The van der Waals surface area contributed by atoms with Crippen LogP contribution in [0.3, 0.4) is 0 Å². The zero-order valence-corrected chi connectivity index (χ0v) is 9.23. The maximum Gasteiger partial charge on any atom is 0.124 e. The van der Waals surface area contributed by atoms with Crippen molar-refractivity contribution in [2.24, 2.45) is 0 Å². The van der Waals surface area contributed by atoms with Crippen LogP contribution in [0.4, 0.5) is 10.1 Å². The van der Waals surface area contributed by atoms with E-state index in [9.17, 15) is 4.39 Å². The van der Waals surface area contributed by atoms with Gasteiger partial charge >= 0.3 is 0 Å². The van der Waals surface area contributed by atoms with Gasteiger partial charge in [0.25, 0.3) is 0 Å². The van der Waals surface area contributed by atoms with Gasteiger partial charge in [-0.25, -0.2) is 4.39 Å². The summed E-state index contributed by atoms with van der Waals surface area (Å²) in [4.78, 5) is 0.849. The minimum Gasteiger partial charge on any atom is -0.398 e. The van der Waals surface area contributed by atoms with Gasteiger partial charge in [0.2, 0.25) is 0 Å². The number of nitrogen functional groups attached to an aromatic ring is 1. The van der Waals surface area contributed by atoms with Crippen LogP contribution in [0.2, 0.25) is 0 Å². The Balaban J connectivity index is 2.05. The highest BCUT2D eigenvalue weighted by Crippen LogP contribution is 2.33. The van der Waals surface area contributed by atoms with Gasteiger partial charge in [0.05, 0.1) is 0 Å². The molecule has 1 aliphatic heterocycles. The van der Waals surface area contributed by atoms with Crippen molar-refractivity contribution in [2.45, 2.75) is 23.0 Å². The second-order valence-corrected chi connectivity index (χ2v) is 4.95. The van der Waals surface area contributed by atoms with E-state index in [0.29, 0.717) is 10.9 Å². The zero-order valence-electron chi connectivity index (χ0n) is 8.41. The highest BCUT2D eigenvalue weighted by Gasteiger charge is 2.16. The molecule has 1 aliphatic rings. The topological polar surface area (TPSA) is 35.2 Å². The molecule has 0 aromatic heterocycles. The van der Waals surface area contributed by atoms with E-state index in [1.165, 1.54) is 12.1 Å². The average Bonchev–Trinajstić information content (AvgIpc) is 2.25. The second kappa shape index (κ2) is 4.86. The smallest absolute Gasteiger partial charge is 0.124 e. The molecule has 0 atom stereocenters. The van der Waals surface area contributed by atoms with Gasteiger partial charge in [-0.3, -0.25) is 0 Å². The predicted molar refractivity (Wildman–Crippen MR) is 60.5 cm³/mol. The summed E-state index contributed by atoms with van der Waals surface area (Å²) in [5.74, 6) is -0.223. The minimum absolute atomic E-state index is 0.223. The lowest BCUT2D eigenvalue weighted by Crippen LogP contribution is -2.17. The van der Waals surface area contributed by atoms with Gasteiger partial charge in [-0.2, -0.15) is 0 Å². The Hall–Kier alpha value is -0.740. The Morgan fingerprint density at radius 3 is 2.80 bits per heavy atom. The molecule has 1 heterocycles. The average molecular weight is 227 g/mol. The van der Waals surface area contributed by atoms with Crippen molar-refractivity contribution < 1.29 is 9.13 Å². The van der Waals surface area contributed by atoms with E-state index in [1.807, 2.05) is 0 Å². The number of benzene rings is 1. The van der Waals surface area contributed by atoms with Crippen LogP contribution in [-0.2, 0) is 4.74 Å². The molecule has 1 aromatic rings. The summed E-state index contributed by atoms with van der Waals surface area (Å²) in [7, 11) is 0. The molecule has 2 rings (SSSR count). The highest BCUT2D eigenvalue weighted by atomic mass is 32.2. The predicted octanol–water partition coefficient (Wildman–Crippen LogP) is 2.68. The maximum absolute atomic E-state index is 13.0. The van der Waals surface area contributed by atoms with E-state index in [1.54, 1.807) is 17.8 Å². The number of anilines is 1. The number of hydrogen-bond donors (Lipinski definition) is 1. The van der Waals surface area contributed by atoms with Crippen LogP contribution in [0.5, 0.6) is 0 Å². The van der Waals surface area contributed by atoms with Crippen molar-refractivity contribution in [3.63, 3.8) is 0 Å². The maximum atomic E-state index is 13.0. The van der Waals surface area contributed by atoms with Crippen LogP contribution < -0.4 is 5.73 Å². The van der Waals surface area contributed by atoms with Crippen LogP contribution in [0, 0.1) is 5.82 Å². The number of ether oxygens (including phenoxy) is 1. The first-order valence-corrected chi connectivity index (χ1v) is 5.93. The van der Waals surface area contributed by atoms with Crippen molar-refractivity contribution in [1.29, 1.82) is 0 Å². The third kappa shape index (κ3) is 2.86. The quantitative estimate of drug-likeness (QED) is 0.789. The summed E-state index contributed by atoms with van der Waals surface area (Å²) in [6.07, 6.45) is 2.03. The van der Waals surface area contributed by atoms with Gasteiger partial charge in [0.15, 0.2) is 0 Å². The van der Waals surface area contributed by atoms with E-state index < -0.39 is 0 Å². The van der Waals surface area contributed by atoms with Gasteiger partial charge in [-0.05, 0) is 31.0 Å². The van der Waals surface area contributed by atoms with Crippen molar-refractivity contribution in [2.75, 3.05) is 18.9 Å². The fourth-order valence-electron chi connectivity index (χ4n) is 1.58. The molecule has 0 amide bonds. The van der Waals surface area contributed by atoms with Crippen LogP contribution in [0.1, 0.15) is 12.8 Å². The highest BCUT2D eigenvalue weighted by molar-refractivity contribution is 8.00. The lowest BCUT2D eigenvalue weighted by Gasteiger charge is -2.21. The van der Waals surface area contributed by atoms with E-state index in [-0.39, 0.29) is 5.82 Å². The van der Waals surface area contributed by atoms with E-state index in [0.717, 1.165) is 31.0 Å². The van der Waals surface area contributed by atoms with Gasteiger partial charge in [-0.15, -0.1) is 11.8 Å². The number of rotatable bonds is 2. The Bertz CT molecular complexity index is 339. The fraction of sp³-hybridized carbons (Fsp3) is 0.455. The van der Waals surface area contributed by atoms with Gasteiger partial charge < -0.3 is 10.5 Å². The molecule has 1 fully saturated rings. The van der Waals surface area contributed by atoms with E-state index in [4.69, 9.17) is 10.5 Å². The first-order chi connectivity index (χ1) is 7.25. The molecular weight excluding hydrogens is 213 g/mol. The molecule has 0 radical (unpaired) electrons. The number of halogens is 1. The molecule has 0 unspecified atom stereocenters. The fourth-order valence-corrected chi connectivity index (χ4v) is 2.76. The summed E-state index contributed by atoms with van der Waals surface area (Å²) in [6, 6.07) is 4.52. The molecule has 1 saturated heterocycles. The lowest BCUT2D eigenvalue weighted by molar-refractivity contribution is 0.100. The summed E-state index contributed by atoms with van der Waals surface area (Å²) < 4.78 is 18.3. The first-order valence-electron chi connectivity index (χ1n) is 5.05. The summed E-state index contributed by atoms with van der Waals surface area (Å²) in [5, 5.41) is 0.503. The lowest BCUT2D eigenvalue weighted by atomic mass is 10.2. The largest absolute Gasteiger partial charge is 0.398 e. The van der Waals surface area contributed by atoms with Crippen LogP contribution in [0.25, 0.3) is 0 Å². The molecule has 2 N–H and O–H groups in total. The van der Waals surface area contributed by atoms with Crippen molar-refractivity contribution in [1.82, 2.24) is 0 Å². The van der Waals surface area contributed by atoms with Gasteiger partial charge in [0, 0.05) is 29.0 Å². The molecular formula is C11H14FNOS. The van der Waals surface area contributed by atoms with Crippen molar-refractivity contribution >= 4 is 17.4 Å². The molecule has 0 aliphatic carbocycles. The van der Waals surface area contributed by atoms with Crippen molar-refractivity contribution in [3.05, 3.63) is 24.0 Å². The van der Waals surface area contributed by atoms with Crippen LogP contribution in [-0.4, -0.2) is 18.5 Å². The molecule has 0 bridgehead atoms. The standard InChI is InChI=1S/C11H14FNOS/c12-8-1-2-10(13)11(7-8)15-9-3-5-14-6-4-9/h1-2,7,9H,3-6,13H2. The van der Waals surface area contributed by atoms with Crippen LogP contribution >= 0.6 is 11.8 Å². The molecule has 0 saturated carbocycles. The third-order valence-electron chi connectivity index (χ3n) is 2.44. The Morgan fingerprint density at radius 1 is 1.33 bits per heavy atom. The minimum atomic E-state index is -0.223. The van der Waals surface area contributed by atoms with Crippen molar-refractivity contribution in [3.8, 4) is 0 Å². The Labute approximate surface area is 93.0 Å².